The van der Waals surface area contributed by atoms with Crippen molar-refractivity contribution in [3.8, 4) is 0 Å². The predicted molar refractivity (Wildman–Crippen MR) is 65.3 cm³/mol. The summed E-state index contributed by atoms with van der Waals surface area (Å²) in [5.74, 6) is -0.198. The minimum Gasteiger partial charge on any atom is -0.383 e. The molecule has 0 atom stereocenters. The summed E-state index contributed by atoms with van der Waals surface area (Å²) in [6.45, 7) is 0.941. The topological polar surface area (TPSA) is 67.0 Å². The summed E-state index contributed by atoms with van der Waals surface area (Å²) in [6, 6.07) is 3.37. The Balaban J connectivity index is 2.19. The van der Waals surface area contributed by atoms with Crippen LogP contribution in [0.2, 0.25) is 5.02 Å². The summed E-state index contributed by atoms with van der Waals surface area (Å²) in [5.41, 5.74) is 1.05. The van der Waals surface area contributed by atoms with Crippen LogP contribution < -0.4 is 5.32 Å². The van der Waals surface area contributed by atoms with Gasteiger partial charge < -0.3 is 15.0 Å². The second kappa shape index (κ2) is 5.16. The summed E-state index contributed by atoms with van der Waals surface area (Å²) < 4.78 is 4.85. The second-order valence-corrected chi connectivity index (χ2v) is 3.89. The largest absolute Gasteiger partial charge is 0.383 e. The molecule has 2 heterocycles. The zero-order chi connectivity index (χ0) is 12.3. The highest BCUT2D eigenvalue weighted by molar-refractivity contribution is 6.35. The molecule has 0 saturated carbocycles. The molecule has 0 saturated heterocycles. The summed E-state index contributed by atoms with van der Waals surface area (Å²) >= 11 is 5.99. The fraction of sp³-hybridized carbons (Fsp3) is 0.273. The molecule has 0 spiro atoms. The molecule has 5 nitrogen and oxygen atoms in total. The van der Waals surface area contributed by atoms with Gasteiger partial charge in [0.1, 0.15) is 11.3 Å². The third-order valence-electron chi connectivity index (χ3n) is 2.32. The third kappa shape index (κ3) is 2.57. The third-order valence-corrected chi connectivity index (χ3v) is 2.64. The zero-order valence-electron chi connectivity index (χ0n) is 9.29. The van der Waals surface area contributed by atoms with Crippen molar-refractivity contribution < 1.29 is 9.53 Å². The summed E-state index contributed by atoms with van der Waals surface area (Å²) in [5, 5.41) is 4.03. The first-order chi connectivity index (χ1) is 8.22. The molecule has 0 aromatic carbocycles. The molecule has 0 aliphatic heterocycles. The van der Waals surface area contributed by atoms with Crippen LogP contribution in [0.3, 0.4) is 0 Å². The van der Waals surface area contributed by atoms with Crippen LogP contribution in [0.4, 0.5) is 0 Å². The molecule has 2 aromatic rings. The smallest absolute Gasteiger partial charge is 0.267 e. The number of aromatic amines is 1. The van der Waals surface area contributed by atoms with Gasteiger partial charge in [0.05, 0.1) is 11.6 Å². The molecule has 0 aliphatic carbocycles. The number of carbonyl (C=O) groups is 1. The number of methoxy groups -OCH3 is 1. The fourth-order valence-corrected chi connectivity index (χ4v) is 1.68. The summed E-state index contributed by atoms with van der Waals surface area (Å²) in [4.78, 5) is 18.7. The molecule has 0 bridgehead atoms. The molecule has 2 N–H and O–H groups in total. The number of fused-ring (bicyclic) bond motifs is 1. The fourth-order valence-electron chi connectivity index (χ4n) is 1.48. The number of amides is 1. The van der Waals surface area contributed by atoms with Gasteiger partial charge >= 0.3 is 0 Å². The van der Waals surface area contributed by atoms with Gasteiger partial charge in [-0.05, 0) is 12.1 Å². The minimum atomic E-state index is -0.198. The number of nitrogens with one attached hydrogen (secondary N) is 2. The van der Waals surface area contributed by atoms with E-state index in [1.54, 1.807) is 25.4 Å². The first-order valence-electron chi connectivity index (χ1n) is 5.12. The van der Waals surface area contributed by atoms with Crippen molar-refractivity contribution in [1.82, 2.24) is 15.3 Å². The lowest BCUT2D eigenvalue weighted by Crippen LogP contribution is -2.27. The zero-order valence-corrected chi connectivity index (χ0v) is 10.0. The first kappa shape index (κ1) is 11.9. The number of halogens is 1. The van der Waals surface area contributed by atoms with Crippen molar-refractivity contribution >= 4 is 28.5 Å². The van der Waals surface area contributed by atoms with Crippen molar-refractivity contribution in [3.63, 3.8) is 0 Å². The molecule has 6 heteroatoms. The SMILES string of the molecule is COCCNC(=O)c1cc2c(Cl)ccnc2[nH]1. The van der Waals surface area contributed by atoms with Crippen LogP contribution >= 0.6 is 11.6 Å². The molecule has 17 heavy (non-hydrogen) atoms. The van der Waals surface area contributed by atoms with Gasteiger partial charge in [-0.25, -0.2) is 4.98 Å². The van der Waals surface area contributed by atoms with E-state index in [-0.39, 0.29) is 5.91 Å². The maximum Gasteiger partial charge on any atom is 0.267 e. The van der Waals surface area contributed by atoms with Gasteiger partial charge in [0.2, 0.25) is 0 Å². The number of nitrogens with zero attached hydrogens (tertiary/aromatic N) is 1. The Morgan fingerprint density at radius 3 is 3.18 bits per heavy atom. The Hall–Kier alpha value is -1.59. The van der Waals surface area contributed by atoms with Gasteiger partial charge in [-0.3, -0.25) is 4.79 Å². The van der Waals surface area contributed by atoms with E-state index in [4.69, 9.17) is 16.3 Å². The van der Waals surface area contributed by atoms with Crippen molar-refractivity contribution in [2.45, 2.75) is 0 Å². The molecule has 1 amide bonds. The molecule has 0 aliphatic rings. The Morgan fingerprint density at radius 1 is 1.65 bits per heavy atom. The molecule has 2 aromatic heterocycles. The maximum atomic E-state index is 11.7. The minimum absolute atomic E-state index is 0.198. The van der Waals surface area contributed by atoms with Gasteiger partial charge in [0, 0.05) is 25.2 Å². The number of rotatable bonds is 4. The molecule has 0 radical (unpaired) electrons. The van der Waals surface area contributed by atoms with E-state index in [0.29, 0.717) is 29.5 Å². The number of ether oxygens (including phenoxy) is 1. The summed E-state index contributed by atoms with van der Waals surface area (Å²) in [6.07, 6.45) is 1.59. The lowest BCUT2D eigenvalue weighted by molar-refractivity contribution is 0.0933. The number of pyridine rings is 1. The molecule has 2 rings (SSSR count). The molecular formula is C11H12ClN3O2. The van der Waals surface area contributed by atoms with Crippen LogP contribution in [0.1, 0.15) is 10.5 Å². The van der Waals surface area contributed by atoms with E-state index in [2.05, 4.69) is 15.3 Å². The van der Waals surface area contributed by atoms with Crippen LogP contribution in [0, 0.1) is 0 Å². The van der Waals surface area contributed by atoms with Crippen molar-refractivity contribution in [1.29, 1.82) is 0 Å². The average molecular weight is 254 g/mol. The number of carbonyl (C=O) groups excluding carboxylic acids is 1. The van der Waals surface area contributed by atoms with E-state index < -0.39 is 0 Å². The standard InChI is InChI=1S/C11H12ClN3O2/c1-17-5-4-14-11(16)9-6-7-8(12)2-3-13-10(7)15-9/h2-3,6H,4-5H2,1H3,(H,13,15)(H,14,16). The van der Waals surface area contributed by atoms with Crippen LogP contribution in [0.15, 0.2) is 18.3 Å². The monoisotopic (exact) mass is 253 g/mol. The van der Waals surface area contributed by atoms with Crippen molar-refractivity contribution in [3.05, 3.63) is 29.0 Å². The van der Waals surface area contributed by atoms with Crippen LogP contribution in [-0.4, -0.2) is 36.1 Å². The highest BCUT2D eigenvalue weighted by atomic mass is 35.5. The highest BCUT2D eigenvalue weighted by Gasteiger charge is 2.10. The second-order valence-electron chi connectivity index (χ2n) is 3.49. The molecule has 90 valence electrons. The van der Waals surface area contributed by atoms with E-state index in [1.807, 2.05) is 0 Å². The van der Waals surface area contributed by atoms with E-state index >= 15 is 0 Å². The number of aromatic nitrogens is 2. The Bertz CT molecular complexity index is 538. The van der Waals surface area contributed by atoms with Crippen LogP contribution in [0.5, 0.6) is 0 Å². The normalized spacial score (nSPS) is 10.7. The lowest BCUT2D eigenvalue weighted by atomic mass is 10.3. The van der Waals surface area contributed by atoms with E-state index in [1.165, 1.54) is 0 Å². The molecule has 0 unspecified atom stereocenters. The van der Waals surface area contributed by atoms with Crippen LogP contribution in [0.25, 0.3) is 11.0 Å². The van der Waals surface area contributed by atoms with Crippen molar-refractivity contribution in [2.75, 3.05) is 20.3 Å². The summed E-state index contributed by atoms with van der Waals surface area (Å²) in [7, 11) is 1.58. The number of H-pyrrole nitrogens is 1. The Morgan fingerprint density at radius 2 is 2.47 bits per heavy atom. The van der Waals surface area contributed by atoms with Gasteiger partial charge in [-0.1, -0.05) is 11.6 Å². The Labute approximate surface area is 103 Å². The lowest BCUT2D eigenvalue weighted by Gasteiger charge is -2.01. The highest BCUT2D eigenvalue weighted by Crippen LogP contribution is 2.21. The van der Waals surface area contributed by atoms with Gasteiger partial charge in [-0.2, -0.15) is 0 Å². The first-order valence-corrected chi connectivity index (χ1v) is 5.50. The molecule has 0 fully saturated rings. The molecular weight excluding hydrogens is 242 g/mol. The van der Waals surface area contributed by atoms with Crippen LogP contribution in [-0.2, 0) is 4.74 Å². The number of hydrogen-bond acceptors (Lipinski definition) is 3. The van der Waals surface area contributed by atoms with Gasteiger partial charge in [-0.15, -0.1) is 0 Å². The predicted octanol–water partition coefficient (Wildman–Crippen LogP) is 1.59. The van der Waals surface area contributed by atoms with Gasteiger partial charge in [0.25, 0.3) is 5.91 Å². The maximum absolute atomic E-state index is 11.7. The average Bonchev–Trinajstić information content (AvgIpc) is 2.75. The quantitative estimate of drug-likeness (QED) is 0.814. The van der Waals surface area contributed by atoms with E-state index in [0.717, 1.165) is 5.39 Å². The Kier molecular flexibility index (Phi) is 3.61. The van der Waals surface area contributed by atoms with Gasteiger partial charge in [0.15, 0.2) is 0 Å². The number of hydrogen-bond donors (Lipinski definition) is 2. The van der Waals surface area contributed by atoms with E-state index in [9.17, 15) is 4.79 Å². The van der Waals surface area contributed by atoms with Crippen molar-refractivity contribution in [2.24, 2.45) is 0 Å².